The van der Waals surface area contributed by atoms with Crippen molar-refractivity contribution >= 4 is 21.6 Å². The molecule has 0 spiro atoms. The Morgan fingerprint density at radius 3 is 2.52 bits per heavy atom. The molecule has 0 bridgehead atoms. The highest BCUT2D eigenvalue weighted by Gasteiger charge is 2.07. The Morgan fingerprint density at radius 1 is 1.24 bits per heavy atom. The monoisotopic (exact) mass is 350 g/mol. The minimum Gasteiger partial charge on any atom is -0.456 e. The fraction of sp³-hybridized carbons (Fsp3) is 0.200. The second-order valence-corrected chi connectivity index (χ2v) is 5.25. The molecule has 0 saturated carbocycles. The van der Waals surface area contributed by atoms with E-state index < -0.39 is 4.92 Å². The van der Waals surface area contributed by atoms with Crippen LogP contribution in [0, 0.1) is 10.1 Å². The van der Waals surface area contributed by atoms with Gasteiger partial charge >= 0.3 is 0 Å². The molecule has 0 aliphatic carbocycles. The molecule has 0 aromatic heterocycles. The van der Waals surface area contributed by atoms with Crippen LogP contribution in [0.2, 0.25) is 0 Å². The van der Waals surface area contributed by atoms with Crippen molar-refractivity contribution in [2.24, 2.45) is 0 Å². The van der Waals surface area contributed by atoms with Crippen molar-refractivity contribution in [1.29, 1.82) is 0 Å². The number of benzene rings is 2. The highest BCUT2D eigenvalue weighted by molar-refractivity contribution is 9.10. The molecule has 2 aromatic carbocycles. The minimum absolute atomic E-state index is 0.0439. The molecule has 0 heterocycles. The molecule has 6 heteroatoms. The molecule has 0 aliphatic rings. The summed E-state index contributed by atoms with van der Waals surface area (Å²) in [7, 11) is 0. The Labute approximate surface area is 131 Å². The summed E-state index contributed by atoms with van der Waals surface area (Å²) in [5, 5.41) is 13.9. The lowest BCUT2D eigenvalue weighted by Crippen LogP contribution is -2.11. The van der Waals surface area contributed by atoms with Gasteiger partial charge in [0.25, 0.3) is 5.69 Å². The third-order valence-corrected chi connectivity index (χ3v) is 3.47. The third kappa shape index (κ3) is 4.27. The molecule has 0 unspecified atom stereocenters. The number of nitro benzene ring substituents is 1. The summed E-state index contributed by atoms with van der Waals surface area (Å²) in [6.45, 7) is 3.77. The normalized spacial score (nSPS) is 10.4. The number of nitrogens with one attached hydrogen (secondary N) is 1. The van der Waals surface area contributed by atoms with Gasteiger partial charge in [0, 0.05) is 18.7 Å². The quantitative estimate of drug-likeness (QED) is 0.624. The standard InChI is InChI=1S/C15H15BrN2O3/c1-2-17-10-11-3-8-15(14(16)9-11)21-13-6-4-12(5-7-13)18(19)20/h3-9,17H,2,10H2,1H3. The van der Waals surface area contributed by atoms with Crippen molar-refractivity contribution in [1.82, 2.24) is 5.32 Å². The van der Waals surface area contributed by atoms with Crippen LogP contribution in [0.25, 0.3) is 0 Å². The Kier molecular flexibility index (Phi) is 5.30. The Hall–Kier alpha value is -1.92. The molecule has 0 atom stereocenters. The van der Waals surface area contributed by atoms with Crippen LogP contribution in [0.15, 0.2) is 46.9 Å². The second kappa shape index (κ2) is 7.19. The Morgan fingerprint density at radius 2 is 1.95 bits per heavy atom. The van der Waals surface area contributed by atoms with E-state index in [-0.39, 0.29) is 5.69 Å². The first-order chi connectivity index (χ1) is 10.1. The molecule has 0 radical (unpaired) electrons. The summed E-state index contributed by atoms with van der Waals surface area (Å²) in [5.41, 5.74) is 1.20. The van der Waals surface area contributed by atoms with Gasteiger partial charge in [0.2, 0.25) is 0 Å². The number of halogens is 1. The maximum absolute atomic E-state index is 10.6. The maximum Gasteiger partial charge on any atom is 0.269 e. The van der Waals surface area contributed by atoms with E-state index in [1.807, 2.05) is 18.2 Å². The summed E-state index contributed by atoms with van der Waals surface area (Å²) in [6, 6.07) is 11.8. The van der Waals surface area contributed by atoms with Gasteiger partial charge in [-0.15, -0.1) is 0 Å². The van der Waals surface area contributed by atoms with Gasteiger partial charge in [-0.05, 0) is 52.3 Å². The number of ether oxygens (including phenoxy) is 1. The van der Waals surface area contributed by atoms with Crippen LogP contribution in [0.3, 0.4) is 0 Å². The van der Waals surface area contributed by atoms with E-state index in [4.69, 9.17) is 4.74 Å². The van der Waals surface area contributed by atoms with Crippen molar-refractivity contribution in [2.45, 2.75) is 13.5 Å². The number of hydrogen-bond acceptors (Lipinski definition) is 4. The number of nitro groups is 1. The first-order valence-electron chi connectivity index (χ1n) is 6.51. The van der Waals surface area contributed by atoms with Crippen LogP contribution in [0.5, 0.6) is 11.5 Å². The molecule has 1 N–H and O–H groups in total. The SMILES string of the molecule is CCNCc1ccc(Oc2ccc([N+](=O)[O-])cc2)c(Br)c1. The average Bonchev–Trinajstić information content (AvgIpc) is 2.48. The second-order valence-electron chi connectivity index (χ2n) is 4.40. The largest absolute Gasteiger partial charge is 0.456 e. The molecule has 0 fully saturated rings. The highest BCUT2D eigenvalue weighted by atomic mass is 79.9. The van der Waals surface area contributed by atoms with Gasteiger partial charge < -0.3 is 10.1 Å². The summed E-state index contributed by atoms with van der Waals surface area (Å²) >= 11 is 3.47. The smallest absolute Gasteiger partial charge is 0.269 e. The zero-order chi connectivity index (χ0) is 15.2. The number of nitrogens with zero attached hydrogens (tertiary/aromatic N) is 1. The summed E-state index contributed by atoms with van der Waals surface area (Å²) in [4.78, 5) is 10.2. The summed E-state index contributed by atoms with van der Waals surface area (Å²) in [5.74, 6) is 1.23. The van der Waals surface area contributed by atoms with Gasteiger partial charge in [0.05, 0.1) is 9.40 Å². The lowest BCUT2D eigenvalue weighted by molar-refractivity contribution is -0.384. The molecule has 0 saturated heterocycles. The predicted molar refractivity (Wildman–Crippen MR) is 84.7 cm³/mol. The van der Waals surface area contributed by atoms with E-state index in [0.29, 0.717) is 11.5 Å². The zero-order valence-electron chi connectivity index (χ0n) is 11.5. The maximum atomic E-state index is 10.6. The topological polar surface area (TPSA) is 64.4 Å². The van der Waals surface area contributed by atoms with Crippen molar-refractivity contribution in [2.75, 3.05) is 6.54 Å². The lowest BCUT2D eigenvalue weighted by Gasteiger charge is -2.09. The fourth-order valence-corrected chi connectivity index (χ4v) is 2.28. The minimum atomic E-state index is -0.435. The molecule has 0 aliphatic heterocycles. The molecule has 0 amide bonds. The molecule has 2 rings (SSSR count). The Bertz CT molecular complexity index is 629. The lowest BCUT2D eigenvalue weighted by atomic mass is 10.2. The highest BCUT2D eigenvalue weighted by Crippen LogP contribution is 2.31. The van der Waals surface area contributed by atoms with Crippen LogP contribution < -0.4 is 10.1 Å². The predicted octanol–water partition coefficient (Wildman–Crippen LogP) is 4.26. The summed E-state index contributed by atoms with van der Waals surface area (Å²) < 4.78 is 6.56. The molecule has 21 heavy (non-hydrogen) atoms. The molecule has 5 nitrogen and oxygen atoms in total. The van der Waals surface area contributed by atoms with Crippen molar-refractivity contribution in [3.63, 3.8) is 0 Å². The number of hydrogen-bond donors (Lipinski definition) is 1. The van der Waals surface area contributed by atoms with Crippen LogP contribution >= 0.6 is 15.9 Å². The van der Waals surface area contributed by atoms with Crippen molar-refractivity contribution < 1.29 is 9.66 Å². The van der Waals surface area contributed by atoms with Crippen molar-refractivity contribution in [3.8, 4) is 11.5 Å². The van der Waals surface area contributed by atoms with Crippen LogP contribution in [-0.4, -0.2) is 11.5 Å². The molecule has 2 aromatic rings. The van der Waals surface area contributed by atoms with Gasteiger partial charge in [-0.2, -0.15) is 0 Å². The van der Waals surface area contributed by atoms with Crippen LogP contribution in [-0.2, 0) is 6.54 Å². The van der Waals surface area contributed by atoms with E-state index in [1.54, 1.807) is 12.1 Å². The van der Waals surface area contributed by atoms with E-state index >= 15 is 0 Å². The van der Waals surface area contributed by atoms with Gasteiger partial charge in [0.1, 0.15) is 11.5 Å². The van der Waals surface area contributed by atoms with E-state index in [1.165, 1.54) is 12.1 Å². The van der Waals surface area contributed by atoms with Gasteiger partial charge in [-0.3, -0.25) is 10.1 Å². The Balaban J connectivity index is 2.10. The third-order valence-electron chi connectivity index (χ3n) is 2.85. The van der Waals surface area contributed by atoms with Crippen LogP contribution in [0.4, 0.5) is 5.69 Å². The first kappa shape index (κ1) is 15.5. The zero-order valence-corrected chi connectivity index (χ0v) is 13.1. The van der Waals surface area contributed by atoms with Crippen LogP contribution in [0.1, 0.15) is 12.5 Å². The first-order valence-corrected chi connectivity index (χ1v) is 7.31. The average molecular weight is 351 g/mol. The van der Waals surface area contributed by atoms with Gasteiger partial charge in [0.15, 0.2) is 0 Å². The fourth-order valence-electron chi connectivity index (χ4n) is 1.77. The van der Waals surface area contributed by atoms with Crippen molar-refractivity contribution in [3.05, 3.63) is 62.6 Å². The molecule has 110 valence electrons. The molecular formula is C15H15BrN2O3. The van der Waals surface area contributed by atoms with E-state index in [2.05, 4.69) is 28.2 Å². The number of non-ortho nitro benzene ring substituents is 1. The summed E-state index contributed by atoms with van der Waals surface area (Å²) in [6.07, 6.45) is 0. The van der Waals surface area contributed by atoms with Gasteiger partial charge in [-0.25, -0.2) is 0 Å². The van der Waals surface area contributed by atoms with Gasteiger partial charge in [-0.1, -0.05) is 13.0 Å². The van der Waals surface area contributed by atoms with E-state index in [9.17, 15) is 10.1 Å². The van der Waals surface area contributed by atoms with E-state index in [0.717, 1.165) is 23.1 Å². The molecular weight excluding hydrogens is 336 g/mol. The number of rotatable bonds is 6.